The van der Waals surface area contributed by atoms with Gasteiger partial charge in [0.05, 0.1) is 5.69 Å². The second-order valence-electron chi connectivity index (χ2n) is 5.39. The van der Waals surface area contributed by atoms with E-state index in [-0.39, 0.29) is 6.10 Å². The average molecular weight is 283 g/mol. The number of hydrogen-bond donors (Lipinski definition) is 0. The van der Waals surface area contributed by atoms with Crippen LogP contribution in [-0.4, -0.2) is 34.1 Å². The molecule has 3 rings (SSSR count). The third-order valence-corrected chi connectivity index (χ3v) is 3.74. The maximum atomic E-state index is 6.01. The van der Waals surface area contributed by atoms with Crippen LogP contribution in [0, 0.1) is 0 Å². The van der Waals surface area contributed by atoms with E-state index in [1.807, 2.05) is 42.6 Å². The van der Waals surface area contributed by atoms with E-state index in [0.717, 1.165) is 49.7 Å². The predicted molar refractivity (Wildman–Crippen MR) is 82.2 cm³/mol. The van der Waals surface area contributed by atoms with Gasteiger partial charge in [-0.15, -0.1) is 0 Å². The third kappa shape index (κ3) is 3.79. The fourth-order valence-electron chi connectivity index (χ4n) is 2.66. The Bertz CT molecular complexity index is 573. The quantitative estimate of drug-likeness (QED) is 0.845. The largest absolute Gasteiger partial charge is 0.489 e. The summed E-state index contributed by atoms with van der Waals surface area (Å²) in [7, 11) is 0. The van der Waals surface area contributed by atoms with E-state index in [4.69, 9.17) is 4.74 Å². The number of nitrogens with zero attached hydrogens (tertiary/aromatic N) is 3. The van der Waals surface area contributed by atoms with Crippen molar-refractivity contribution in [3.63, 3.8) is 0 Å². The number of aromatic nitrogens is 2. The van der Waals surface area contributed by atoms with Gasteiger partial charge in [-0.1, -0.05) is 25.1 Å². The average Bonchev–Trinajstić information content (AvgIpc) is 2.95. The Hall–Kier alpha value is -1.94. The van der Waals surface area contributed by atoms with Gasteiger partial charge < -0.3 is 4.74 Å². The van der Waals surface area contributed by atoms with Crippen molar-refractivity contribution in [2.24, 2.45) is 0 Å². The minimum absolute atomic E-state index is 0.278. The lowest BCUT2D eigenvalue weighted by Crippen LogP contribution is -2.25. The van der Waals surface area contributed by atoms with Crippen molar-refractivity contribution >= 4 is 0 Å². The van der Waals surface area contributed by atoms with Crippen LogP contribution >= 0.6 is 0 Å². The molecule has 1 aliphatic heterocycles. The summed E-state index contributed by atoms with van der Waals surface area (Å²) in [4.78, 5) is 11.2. The molecule has 1 aromatic carbocycles. The van der Waals surface area contributed by atoms with Gasteiger partial charge in [-0.2, -0.15) is 0 Å². The molecule has 0 bridgehead atoms. The Morgan fingerprint density at radius 3 is 2.90 bits per heavy atom. The minimum atomic E-state index is 0.278. The van der Waals surface area contributed by atoms with Crippen LogP contribution in [0.5, 0.6) is 5.75 Å². The highest BCUT2D eigenvalue weighted by Gasteiger charge is 2.24. The minimum Gasteiger partial charge on any atom is -0.489 e. The van der Waals surface area contributed by atoms with Gasteiger partial charge in [-0.3, -0.25) is 4.90 Å². The summed E-state index contributed by atoms with van der Waals surface area (Å²) in [6, 6.07) is 12.1. The smallest absolute Gasteiger partial charge is 0.128 e. The molecule has 110 valence electrons. The number of benzene rings is 1. The fraction of sp³-hybridized carbons (Fsp3) is 0.412. The van der Waals surface area contributed by atoms with Crippen LogP contribution in [0.25, 0.3) is 0 Å². The van der Waals surface area contributed by atoms with Crippen LogP contribution in [0.2, 0.25) is 0 Å². The Labute approximate surface area is 125 Å². The van der Waals surface area contributed by atoms with Crippen LogP contribution in [0.15, 0.2) is 42.6 Å². The molecular weight excluding hydrogens is 262 g/mol. The number of para-hydroxylation sites is 1. The monoisotopic (exact) mass is 283 g/mol. The molecule has 0 aliphatic carbocycles. The summed E-state index contributed by atoms with van der Waals surface area (Å²) in [5.41, 5.74) is 1.10. The maximum absolute atomic E-state index is 6.01. The van der Waals surface area contributed by atoms with E-state index >= 15 is 0 Å². The molecule has 0 saturated carbocycles. The molecule has 0 radical (unpaired) electrons. The van der Waals surface area contributed by atoms with Gasteiger partial charge in [0.2, 0.25) is 0 Å². The van der Waals surface area contributed by atoms with Crippen molar-refractivity contribution in [3.05, 3.63) is 54.1 Å². The first-order chi connectivity index (χ1) is 10.3. The van der Waals surface area contributed by atoms with Gasteiger partial charge in [-0.05, 0) is 24.6 Å². The lowest BCUT2D eigenvalue weighted by molar-refractivity contribution is 0.198. The Morgan fingerprint density at radius 2 is 2.10 bits per heavy atom. The molecule has 1 unspecified atom stereocenters. The number of hydrogen-bond acceptors (Lipinski definition) is 4. The second kappa shape index (κ2) is 6.68. The maximum Gasteiger partial charge on any atom is 0.128 e. The normalized spacial score (nSPS) is 18.8. The Balaban J connectivity index is 1.54. The highest BCUT2D eigenvalue weighted by atomic mass is 16.5. The van der Waals surface area contributed by atoms with Crippen molar-refractivity contribution < 1.29 is 4.74 Å². The first kappa shape index (κ1) is 14.0. The molecule has 4 nitrogen and oxygen atoms in total. The highest BCUT2D eigenvalue weighted by Crippen LogP contribution is 2.19. The van der Waals surface area contributed by atoms with Crippen molar-refractivity contribution in [2.75, 3.05) is 13.1 Å². The zero-order chi connectivity index (χ0) is 14.5. The lowest BCUT2D eigenvalue weighted by Gasteiger charge is -2.16. The molecule has 2 aromatic rings. The van der Waals surface area contributed by atoms with E-state index in [1.165, 1.54) is 0 Å². The van der Waals surface area contributed by atoms with E-state index in [9.17, 15) is 0 Å². The second-order valence-corrected chi connectivity index (χ2v) is 5.39. The number of likely N-dealkylation sites (tertiary alicyclic amines) is 1. The van der Waals surface area contributed by atoms with Gasteiger partial charge in [-0.25, -0.2) is 9.97 Å². The molecule has 0 spiro atoms. The molecule has 0 amide bonds. The zero-order valence-electron chi connectivity index (χ0n) is 12.4. The SMILES string of the molecule is CCc1nccc(CN2CCC(Oc3ccccc3)C2)n1. The number of rotatable bonds is 5. The number of ether oxygens (including phenoxy) is 1. The van der Waals surface area contributed by atoms with Gasteiger partial charge in [0, 0.05) is 32.3 Å². The van der Waals surface area contributed by atoms with Gasteiger partial charge >= 0.3 is 0 Å². The third-order valence-electron chi connectivity index (χ3n) is 3.74. The molecule has 1 aliphatic rings. The highest BCUT2D eigenvalue weighted by molar-refractivity contribution is 5.21. The van der Waals surface area contributed by atoms with Crippen molar-refractivity contribution in [3.8, 4) is 5.75 Å². The van der Waals surface area contributed by atoms with Gasteiger partial charge in [0.1, 0.15) is 17.7 Å². The molecule has 0 N–H and O–H groups in total. The summed E-state index contributed by atoms with van der Waals surface area (Å²) in [5.74, 6) is 1.88. The lowest BCUT2D eigenvalue weighted by atomic mass is 10.3. The summed E-state index contributed by atoms with van der Waals surface area (Å²) in [6.45, 7) is 4.98. The molecule has 1 fully saturated rings. The Morgan fingerprint density at radius 1 is 1.24 bits per heavy atom. The summed E-state index contributed by atoms with van der Waals surface area (Å²) in [5, 5.41) is 0. The van der Waals surface area contributed by atoms with Crippen LogP contribution < -0.4 is 4.74 Å². The molecule has 1 saturated heterocycles. The van der Waals surface area contributed by atoms with Crippen LogP contribution in [-0.2, 0) is 13.0 Å². The van der Waals surface area contributed by atoms with E-state index < -0.39 is 0 Å². The van der Waals surface area contributed by atoms with Crippen molar-refractivity contribution in [2.45, 2.75) is 32.4 Å². The van der Waals surface area contributed by atoms with Crippen LogP contribution in [0.1, 0.15) is 24.9 Å². The molecule has 1 atom stereocenters. The summed E-state index contributed by atoms with van der Waals surface area (Å²) < 4.78 is 6.01. The molecule has 2 heterocycles. The number of aryl methyl sites for hydroxylation is 1. The van der Waals surface area contributed by atoms with Crippen molar-refractivity contribution in [1.82, 2.24) is 14.9 Å². The first-order valence-electron chi connectivity index (χ1n) is 7.58. The summed E-state index contributed by atoms with van der Waals surface area (Å²) in [6.07, 6.45) is 4.09. The topological polar surface area (TPSA) is 38.2 Å². The van der Waals surface area contributed by atoms with Crippen molar-refractivity contribution in [1.29, 1.82) is 0 Å². The predicted octanol–water partition coefficient (Wildman–Crippen LogP) is 2.69. The molecule has 4 heteroatoms. The first-order valence-corrected chi connectivity index (χ1v) is 7.58. The molecule has 21 heavy (non-hydrogen) atoms. The van der Waals surface area contributed by atoms with E-state index in [1.54, 1.807) is 0 Å². The Kier molecular flexibility index (Phi) is 4.46. The van der Waals surface area contributed by atoms with E-state index in [2.05, 4.69) is 21.8 Å². The van der Waals surface area contributed by atoms with Gasteiger partial charge in [0.25, 0.3) is 0 Å². The van der Waals surface area contributed by atoms with Gasteiger partial charge in [0.15, 0.2) is 0 Å². The molecular formula is C17H21N3O. The van der Waals surface area contributed by atoms with Crippen LogP contribution in [0.4, 0.5) is 0 Å². The fourth-order valence-corrected chi connectivity index (χ4v) is 2.66. The molecule has 1 aromatic heterocycles. The standard InChI is InChI=1S/C17H21N3O/c1-2-17-18-10-8-14(19-17)12-20-11-9-16(13-20)21-15-6-4-3-5-7-15/h3-8,10,16H,2,9,11-13H2,1H3. The van der Waals surface area contributed by atoms with Crippen LogP contribution in [0.3, 0.4) is 0 Å². The van der Waals surface area contributed by atoms with E-state index in [0.29, 0.717) is 0 Å². The zero-order valence-corrected chi connectivity index (χ0v) is 12.4. The summed E-state index contributed by atoms with van der Waals surface area (Å²) >= 11 is 0.